The molecule has 7 nitrogen and oxygen atoms in total. The van der Waals surface area contributed by atoms with Gasteiger partial charge in [0.2, 0.25) is 0 Å². The molecule has 1 N–H and O–H groups in total. The molecule has 0 radical (unpaired) electrons. The zero-order valence-electron chi connectivity index (χ0n) is 18.2. The van der Waals surface area contributed by atoms with Gasteiger partial charge in [-0.25, -0.2) is 4.68 Å². The topological polar surface area (TPSA) is 76.2 Å². The fourth-order valence-electron chi connectivity index (χ4n) is 4.51. The standard InChI is InChI=1S/C24H26BN5O2/c25-21-14-28-30-22(21)6-5-18(11-23(30)27-13-17-3-1-8-26-12-17)19-4-2-9-29(15-19)24(31)20-7-10-32-16-20/h1,3,5,7-8,10-12,14,16,19,27H,2,4,6,9,13,15,25H2. The maximum atomic E-state index is 12.9. The number of nitrogens with zero attached hydrogens (tertiary/aromatic N) is 4. The number of carbonyl (C=O) groups is 1. The molecular weight excluding hydrogens is 401 g/mol. The summed E-state index contributed by atoms with van der Waals surface area (Å²) in [4.78, 5) is 19.0. The Kier molecular flexibility index (Phi) is 5.67. The molecule has 3 aromatic heterocycles. The first-order valence-electron chi connectivity index (χ1n) is 11.1. The highest BCUT2D eigenvalue weighted by Gasteiger charge is 2.28. The number of amides is 1. The van der Waals surface area contributed by atoms with Gasteiger partial charge in [0.25, 0.3) is 5.91 Å². The van der Waals surface area contributed by atoms with Crippen LogP contribution in [-0.4, -0.2) is 46.5 Å². The van der Waals surface area contributed by atoms with E-state index in [0.717, 1.165) is 37.2 Å². The van der Waals surface area contributed by atoms with E-state index in [2.05, 4.69) is 41.5 Å². The Morgan fingerprint density at radius 2 is 2.25 bits per heavy atom. The number of hydrogen-bond donors (Lipinski definition) is 1. The fourth-order valence-corrected chi connectivity index (χ4v) is 4.51. The van der Waals surface area contributed by atoms with E-state index in [1.807, 2.05) is 28.0 Å². The van der Waals surface area contributed by atoms with Gasteiger partial charge >= 0.3 is 0 Å². The fraction of sp³-hybridized carbons (Fsp3) is 0.292. The minimum atomic E-state index is 0.0420. The Morgan fingerprint density at radius 1 is 1.31 bits per heavy atom. The molecule has 1 unspecified atom stereocenters. The minimum Gasteiger partial charge on any atom is -0.472 e. The van der Waals surface area contributed by atoms with Crippen LogP contribution in [0.3, 0.4) is 0 Å². The highest BCUT2D eigenvalue weighted by atomic mass is 16.3. The Labute approximate surface area is 188 Å². The summed E-state index contributed by atoms with van der Waals surface area (Å²) in [7, 11) is 2.10. The monoisotopic (exact) mass is 427 g/mol. The number of piperidine rings is 1. The molecule has 5 rings (SSSR count). The maximum absolute atomic E-state index is 12.9. The van der Waals surface area contributed by atoms with Crippen molar-refractivity contribution in [3.05, 3.63) is 83.9 Å². The van der Waals surface area contributed by atoms with Crippen LogP contribution in [-0.2, 0) is 13.0 Å². The number of pyridine rings is 1. The predicted octanol–water partition coefficient (Wildman–Crippen LogP) is 1.75. The van der Waals surface area contributed by atoms with Crippen LogP contribution in [0.4, 0.5) is 0 Å². The van der Waals surface area contributed by atoms with E-state index in [0.29, 0.717) is 24.6 Å². The van der Waals surface area contributed by atoms with Gasteiger partial charge in [-0.15, -0.1) is 0 Å². The predicted molar refractivity (Wildman–Crippen MR) is 125 cm³/mol. The van der Waals surface area contributed by atoms with Crippen LogP contribution < -0.4 is 10.8 Å². The van der Waals surface area contributed by atoms with Gasteiger partial charge in [0.05, 0.1) is 11.8 Å². The molecule has 2 aliphatic rings. The van der Waals surface area contributed by atoms with Crippen molar-refractivity contribution < 1.29 is 9.21 Å². The van der Waals surface area contributed by atoms with E-state index in [4.69, 9.17) is 4.42 Å². The lowest BCUT2D eigenvalue weighted by Gasteiger charge is -2.33. The molecule has 1 fully saturated rings. The molecular formula is C24H26BN5O2. The number of likely N-dealkylation sites (tertiary alicyclic amines) is 1. The van der Waals surface area contributed by atoms with Gasteiger partial charge in [-0.3, -0.25) is 9.78 Å². The minimum absolute atomic E-state index is 0.0420. The number of carbonyl (C=O) groups excluding carboxylic acids is 1. The van der Waals surface area contributed by atoms with Crippen molar-refractivity contribution in [2.45, 2.75) is 25.8 Å². The lowest BCUT2D eigenvalue weighted by atomic mass is 9.88. The SMILES string of the molecule is Bc1cnn2c1CC=C(C1CCCN(C(=O)c3ccoc3)C1)C=C2NCc1cccnc1. The van der Waals surface area contributed by atoms with Gasteiger partial charge in [-0.1, -0.05) is 12.1 Å². The number of fused-ring (bicyclic) bond motifs is 1. The second-order valence-corrected chi connectivity index (χ2v) is 8.44. The molecule has 0 bridgehead atoms. The Balaban J connectivity index is 1.39. The maximum Gasteiger partial charge on any atom is 0.257 e. The smallest absolute Gasteiger partial charge is 0.257 e. The Hall–Kier alpha value is -3.55. The highest BCUT2D eigenvalue weighted by Crippen LogP contribution is 2.29. The average Bonchev–Trinajstić information content (AvgIpc) is 3.45. The van der Waals surface area contributed by atoms with E-state index < -0.39 is 0 Å². The van der Waals surface area contributed by atoms with Crippen LogP contribution in [0.5, 0.6) is 0 Å². The lowest BCUT2D eigenvalue weighted by Crippen LogP contribution is -2.40. The van der Waals surface area contributed by atoms with Gasteiger partial charge in [0, 0.05) is 56.3 Å². The molecule has 3 aromatic rings. The van der Waals surface area contributed by atoms with Gasteiger partial charge in [0.1, 0.15) is 19.9 Å². The van der Waals surface area contributed by atoms with Gasteiger partial charge in [-0.05, 0) is 47.6 Å². The van der Waals surface area contributed by atoms with Crippen molar-refractivity contribution in [2.24, 2.45) is 5.92 Å². The highest BCUT2D eigenvalue weighted by molar-refractivity contribution is 6.33. The third-order valence-corrected chi connectivity index (χ3v) is 6.28. The van der Waals surface area contributed by atoms with E-state index in [1.165, 1.54) is 23.0 Å². The zero-order valence-corrected chi connectivity index (χ0v) is 18.2. The van der Waals surface area contributed by atoms with Crippen LogP contribution in [0.15, 0.2) is 71.5 Å². The molecule has 0 saturated carbocycles. The first-order valence-corrected chi connectivity index (χ1v) is 11.1. The number of aromatic nitrogens is 3. The average molecular weight is 427 g/mol. The third kappa shape index (κ3) is 4.13. The molecule has 1 atom stereocenters. The number of nitrogens with one attached hydrogen (secondary N) is 1. The summed E-state index contributed by atoms with van der Waals surface area (Å²) < 4.78 is 7.12. The molecule has 32 heavy (non-hydrogen) atoms. The first kappa shape index (κ1) is 20.4. The molecule has 8 heteroatoms. The van der Waals surface area contributed by atoms with Crippen molar-refractivity contribution >= 4 is 25.0 Å². The van der Waals surface area contributed by atoms with Crippen molar-refractivity contribution in [2.75, 3.05) is 13.1 Å². The molecule has 0 aliphatic carbocycles. The molecule has 2 aliphatic heterocycles. The van der Waals surface area contributed by atoms with Gasteiger partial charge in [-0.2, -0.15) is 5.10 Å². The third-order valence-electron chi connectivity index (χ3n) is 6.28. The van der Waals surface area contributed by atoms with E-state index in [9.17, 15) is 4.79 Å². The number of rotatable bonds is 5. The van der Waals surface area contributed by atoms with Crippen LogP contribution in [0.25, 0.3) is 5.82 Å². The van der Waals surface area contributed by atoms with Crippen molar-refractivity contribution in [1.82, 2.24) is 25.0 Å². The molecule has 0 aromatic carbocycles. The Bertz CT molecular complexity index is 1150. The molecule has 1 saturated heterocycles. The quantitative estimate of drug-likeness (QED) is 0.628. The molecule has 5 heterocycles. The molecule has 1 amide bonds. The van der Waals surface area contributed by atoms with Crippen LogP contribution >= 0.6 is 0 Å². The summed E-state index contributed by atoms with van der Waals surface area (Å²) >= 11 is 0. The number of allylic oxidation sites excluding steroid dienone is 2. The Morgan fingerprint density at radius 3 is 3.06 bits per heavy atom. The number of hydrogen-bond acceptors (Lipinski definition) is 5. The van der Waals surface area contributed by atoms with E-state index >= 15 is 0 Å². The normalized spacial score (nSPS) is 18.4. The summed E-state index contributed by atoms with van der Waals surface area (Å²) in [5.41, 5.74) is 5.35. The summed E-state index contributed by atoms with van der Waals surface area (Å²) in [5.74, 6) is 1.29. The van der Waals surface area contributed by atoms with Gasteiger partial charge in [0.15, 0.2) is 0 Å². The second kappa shape index (κ2) is 8.90. The summed E-state index contributed by atoms with van der Waals surface area (Å²) in [6.07, 6.45) is 16.0. The van der Waals surface area contributed by atoms with Crippen molar-refractivity contribution in [3.8, 4) is 0 Å². The van der Waals surface area contributed by atoms with Crippen LogP contribution in [0.1, 0.15) is 34.5 Å². The first-order chi connectivity index (χ1) is 15.7. The van der Waals surface area contributed by atoms with E-state index in [-0.39, 0.29) is 5.91 Å². The summed E-state index contributed by atoms with van der Waals surface area (Å²) in [6, 6.07) is 5.74. The zero-order chi connectivity index (χ0) is 21.9. The van der Waals surface area contributed by atoms with Crippen LogP contribution in [0.2, 0.25) is 0 Å². The summed E-state index contributed by atoms with van der Waals surface area (Å²) in [6.45, 7) is 2.16. The lowest BCUT2D eigenvalue weighted by molar-refractivity contribution is 0.0691. The summed E-state index contributed by atoms with van der Waals surface area (Å²) in [5, 5.41) is 8.19. The number of furan rings is 1. The largest absolute Gasteiger partial charge is 0.472 e. The van der Waals surface area contributed by atoms with Gasteiger partial charge < -0.3 is 14.6 Å². The van der Waals surface area contributed by atoms with Crippen molar-refractivity contribution in [1.29, 1.82) is 0 Å². The second-order valence-electron chi connectivity index (χ2n) is 8.44. The molecule has 162 valence electrons. The van der Waals surface area contributed by atoms with E-state index in [1.54, 1.807) is 18.5 Å². The molecule has 0 spiro atoms. The van der Waals surface area contributed by atoms with Crippen LogP contribution in [0, 0.1) is 5.92 Å². The van der Waals surface area contributed by atoms with Crippen molar-refractivity contribution in [3.63, 3.8) is 0 Å².